The molecule has 0 saturated heterocycles. The lowest BCUT2D eigenvalue weighted by Gasteiger charge is -2.06. The molecule has 32 heavy (non-hydrogen) atoms. The van der Waals surface area contributed by atoms with Crippen molar-refractivity contribution in [2.45, 2.75) is 20.1 Å². The Morgan fingerprint density at radius 2 is 1.81 bits per heavy atom. The van der Waals surface area contributed by atoms with Crippen molar-refractivity contribution >= 4 is 46.5 Å². The molecule has 164 valence electrons. The fourth-order valence-corrected chi connectivity index (χ4v) is 3.43. The van der Waals surface area contributed by atoms with Crippen LogP contribution < -0.4 is 10.1 Å². The number of aromatic nitrogens is 2. The Bertz CT molecular complexity index is 1250. The molecule has 6 nitrogen and oxygen atoms in total. The first-order chi connectivity index (χ1) is 15.4. The fourth-order valence-electron chi connectivity index (χ4n) is 2.98. The Morgan fingerprint density at radius 3 is 2.56 bits per heavy atom. The van der Waals surface area contributed by atoms with Crippen LogP contribution >= 0.6 is 34.8 Å². The topological polar surface area (TPSA) is 69.3 Å². The third kappa shape index (κ3) is 5.46. The number of anilines is 1. The van der Waals surface area contributed by atoms with E-state index >= 15 is 0 Å². The molecule has 9 heteroatoms. The minimum atomic E-state index is -0.401. The number of nitrogens with zero attached hydrogens (tertiary/aromatic N) is 2. The van der Waals surface area contributed by atoms with Crippen LogP contribution in [-0.4, -0.2) is 15.7 Å². The highest BCUT2D eigenvalue weighted by molar-refractivity contribution is 6.42. The zero-order valence-electron chi connectivity index (χ0n) is 16.9. The van der Waals surface area contributed by atoms with E-state index in [0.717, 1.165) is 11.3 Å². The van der Waals surface area contributed by atoms with Crippen molar-refractivity contribution in [3.05, 3.63) is 98.5 Å². The summed E-state index contributed by atoms with van der Waals surface area (Å²) in [5.41, 5.74) is 1.82. The number of hydrogen-bond donors (Lipinski definition) is 1. The van der Waals surface area contributed by atoms with Crippen LogP contribution in [0.5, 0.6) is 5.75 Å². The molecule has 0 unspecified atom stereocenters. The third-order valence-corrected chi connectivity index (χ3v) is 5.61. The molecule has 0 aliphatic heterocycles. The van der Waals surface area contributed by atoms with E-state index in [1.807, 2.05) is 13.0 Å². The minimum Gasteiger partial charge on any atom is -0.486 e. The van der Waals surface area contributed by atoms with Gasteiger partial charge in [0.25, 0.3) is 5.91 Å². The zero-order valence-corrected chi connectivity index (χ0v) is 19.2. The summed E-state index contributed by atoms with van der Waals surface area (Å²) in [6.07, 6.45) is 0. The van der Waals surface area contributed by atoms with Gasteiger partial charge in [0.15, 0.2) is 11.6 Å². The van der Waals surface area contributed by atoms with Gasteiger partial charge in [-0.2, -0.15) is 5.10 Å². The summed E-state index contributed by atoms with van der Waals surface area (Å²) in [5.74, 6) is 1.35. The van der Waals surface area contributed by atoms with Gasteiger partial charge in [-0.15, -0.1) is 0 Å². The van der Waals surface area contributed by atoms with E-state index < -0.39 is 5.91 Å². The second-order valence-electron chi connectivity index (χ2n) is 7.04. The zero-order chi connectivity index (χ0) is 22.7. The molecule has 0 atom stereocenters. The van der Waals surface area contributed by atoms with Gasteiger partial charge in [-0.25, -0.2) is 0 Å². The van der Waals surface area contributed by atoms with Gasteiger partial charge in [0.2, 0.25) is 0 Å². The smallest absolute Gasteiger partial charge is 0.292 e. The maximum Gasteiger partial charge on any atom is 0.292 e. The van der Waals surface area contributed by atoms with Gasteiger partial charge in [-0.05, 0) is 61.0 Å². The molecular weight excluding hydrogens is 473 g/mol. The molecule has 1 amide bonds. The molecule has 0 bridgehead atoms. The number of aryl methyl sites for hydroxylation is 1. The van der Waals surface area contributed by atoms with Crippen LogP contribution in [-0.2, 0) is 13.2 Å². The van der Waals surface area contributed by atoms with Crippen LogP contribution in [0.15, 0.2) is 65.1 Å². The number of nitrogens with one attached hydrogen (secondary N) is 1. The Kier molecular flexibility index (Phi) is 6.74. The normalized spacial score (nSPS) is 10.9. The highest BCUT2D eigenvalue weighted by Crippen LogP contribution is 2.24. The summed E-state index contributed by atoms with van der Waals surface area (Å²) >= 11 is 17.9. The molecule has 0 saturated carbocycles. The number of halogens is 3. The molecule has 0 aliphatic carbocycles. The summed E-state index contributed by atoms with van der Waals surface area (Å²) in [7, 11) is 0. The van der Waals surface area contributed by atoms with E-state index in [-0.39, 0.29) is 12.4 Å². The monoisotopic (exact) mass is 489 g/mol. The Hall–Kier alpha value is -2.93. The maximum absolute atomic E-state index is 12.6. The molecule has 0 spiro atoms. The van der Waals surface area contributed by atoms with Gasteiger partial charge in [0.05, 0.1) is 16.6 Å². The average Bonchev–Trinajstić information content (AvgIpc) is 3.37. The summed E-state index contributed by atoms with van der Waals surface area (Å²) < 4.78 is 13.0. The van der Waals surface area contributed by atoms with Crippen LogP contribution in [0.3, 0.4) is 0 Å². The molecule has 0 radical (unpaired) electrons. The first-order valence-electron chi connectivity index (χ1n) is 9.64. The summed E-state index contributed by atoms with van der Waals surface area (Å²) in [5, 5.41) is 8.80. The SMILES string of the molecule is Cc1cc(NC(=O)c2ccc(COc3ccc(Cl)cc3)o2)nn1Cc1ccc(Cl)c(Cl)c1. The van der Waals surface area contributed by atoms with Crippen LogP contribution in [0.2, 0.25) is 15.1 Å². The highest BCUT2D eigenvalue weighted by atomic mass is 35.5. The van der Waals surface area contributed by atoms with Crippen molar-refractivity contribution in [1.82, 2.24) is 9.78 Å². The molecule has 4 rings (SSSR count). The molecule has 2 aromatic heterocycles. The van der Waals surface area contributed by atoms with Crippen LogP contribution in [0, 0.1) is 6.92 Å². The van der Waals surface area contributed by atoms with E-state index in [2.05, 4.69) is 10.4 Å². The number of ether oxygens (including phenoxy) is 1. The van der Waals surface area contributed by atoms with Crippen molar-refractivity contribution < 1.29 is 13.9 Å². The Morgan fingerprint density at radius 1 is 1.03 bits per heavy atom. The molecule has 1 N–H and O–H groups in total. The van der Waals surface area contributed by atoms with Crippen LogP contribution in [0.4, 0.5) is 5.82 Å². The lowest BCUT2D eigenvalue weighted by molar-refractivity contribution is 0.0992. The third-order valence-electron chi connectivity index (χ3n) is 4.62. The number of rotatable bonds is 7. The van der Waals surface area contributed by atoms with Gasteiger partial charge in [0, 0.05) is 16.8 Å². The van der Waals surface area contributed by atoms with Gasteiger partial charge in [-0.1, -0.05) is 40.9 Å². The predicted octanol–water partition coefficient (Wildman–Crippen LogP) is 6.62. The standard InChI is InChI=1S/C23H18Cl3N3O3/c1-14-10-22(28-29(14)12-15-2-8-19(25)20(26)11-15)27-23(30)21-9-7-18(32-21)13-31-17-5-3-16(24)4-6-17/h2-11H,12-13H2,1H3,(H,27,28,30). The van der Waals surface area contributed by atoms with Crippen LogP contribution in [0.25, 0.3) is 0 Å². The molecule has 0 fully saturated rings. The number of amides is 1. The largest absolute Gasteiger partial charge is 0.486 e. The number of furan rings is 1. The fraction of sp³-hybridized carbons (Fsp3) is 0.130. The Balaban J connectivity index is 1.37. The van der Waals surface area contributed by atoms with Crippen molar-refractivity contribution in [1.29, 1.82) is 0 Å². The van der Waals surface area contributed by atoms with Gasteiger partial charge in [-0.3, -0.25) is 9.48 Å². The molecule has 4 aromatic rings. The Labute approximate surface area is 199 Å². The first kappa shape index (κ1) is 22.3. The van der Waals surface area contributed by atoms with E-state index in [4.69, 9.17) is 44.0 Å². The van der Waals surface area contributed by atoms with Crippen molar-refractivity contribution in [3.63, 3.8) is 0 Å². The number of hydrogen-bond acceptors (Lipinski definition) is 4. The second kappa shape index (κ2) is 9.69. The van der Waals surface area contributed by atoms with E-state index in [1.165, 1.54) is 0 Å². The number of benzene rings is 2. The number of carbonyl (C=O) groups excluding carboxylic acids is 1. The molecule has 2 aromatic carbocycles. The first-order valence-corrected chi connectivity index (χ1v) is 10.8. The van der Waals surface area contributed by atoms with E-state index in [9.17, 15) is 4.79 Å². The van der Waals surface area contributed by atoms with Gasteiger partial charge >= 0.3 is 0 Å². The predicted molar refractivity (Wildman–Crippen MR) is 125 cm³/mol. The maximum atomic E-state index is 12.6. The highest BCUT2D eigenvalue weighted by Gasteiger charge is 2.15. The minimum absolute atomic E-state index is 0.163. The van der Waals surface area contributed by atoms with Gasteiger partial charge < -0.3 is 14.5 Å². The van der Waals surface area contributed by atoms with Gasteiger partial charge in [0.1, 0.15) is 18.1 Å². The van der Waals surface area contributed by atoms with Crippen molar-refractivity contribution in [2.24, 2.45) is 0 Å². The lowest BCUT2D eigenvalue weighted by Crippen LogP contribution is -2.12. The molecular formula is C23H18Cl3N3O3. The van der Waals surface area contributed by atoms with Crippen LogP contribution in [0.1, 0.15) is 27.6 Å². The quantitative estimate of drug-likeness (QED) is 0.316. The van der Waals surface area contributed by atoms with E-state index in [1.54, 1.807) is 59.3 Å². The second-order valence-corrected chi connectivity index (χ2v) is 8.29. The van der Waals surface area contributed by atoms with E-state index in [0.29, 0.717) is 38.9 Å². The summed E-state index contributed by atoms with van der Waals surface area (Å²) in [6.45, 7) is 2.58. The molecule has 0 aliphatic rings. The molecule has 2 heterocycles. The average molecular weight is 491 g/mol. The number of carbonyl (C=O) groups is 1. The van der Waals surface area contributed by atoms with Crippen molar-refractivity contribution in [3.8, 4) is 5.75 Å². The lowest BCUT2D eigenvalue weighted by atomic mass is 10.2. The van der Waals surface area contributed by atoms with Crippen molar-refractivity contribution in [2.75, 3.05) is 5.32 Å². The summed E-state index contributed by atoms with van der Waals surface area (Å²) in [4.78, 5) is 12.6. The summed E-state index contributed by atoms with van der Waals surface area (Å²) in [6, 6.07) is 17.5.